The van der Waals surface area contributed by atoms with Gasteiger partial charge in [0, 0.05) is 5.92 Å². The molecule has 0 spiro atoms. The van der Waals surface area contributed by atoms with Gasteiger partial charge in [0.25, 0.3) is 0 Å². The second-order valence-electron chi connectivity index (χ2n) is 9.78. The molecule has 0 radical (unpaired) electrons. The second kappa shape index (κ2) is 9.49. The van der Waals surface area contributed by atoms with Crippen molar-refractivity contribution in [1.29, 1.82) is 0 Å². The summed E-state index contributed by atoms with van der Waals surface area (Å²) in [6.07, 6.45) is 4.30. The van der Waals surface area contributed by atoms with Crippen LogP contribution < -0.4 is 10.6 Å². The third-order valence-corrected chi connectivity index (χ3v) is 7.10. The number of carboxylic acids is 1. The Morgan fingerprint density at radius 3 is 1.88 bits per heavy atom. The van der Waals surface area contributed by atoms with Crippen molar-refractivity contribution in [3.05, 3.63) is 59.7 Å². The van der Waals surface area contributed by atoms with E-state index >= 15 is 0 Å². The van der Waals surface area contributed by atoms with E-state index in [-0.39, 0.29) is 12.5 Å². The molecule has 7 nitrogen and oxygen atoms in total. The van der Waals surface area contributed by atoms with Crippen LogP contribution in [0.1, 0.15) is 55.6 Å². The standard InChI is InChI=1S/C27H30N2O5/c30-25(28-24(26(31)32)14-17-11-12-17)23(13-16-9-10-16)29-27(33)34-15-22-20-7-3-1-5-18(20)19-6-2-4-8-21(19)22/h1-8,16-17,22-24H,9-15H2,(H,28,30)(H,29,33)(H,31,32). The van der Waals surface area contributed by atoms with Crippen LogP contribution in [-0.4, -0.2) is 41.8 Å². The van der Waals surface area contributed by atoms with Gasteiger partial charge in [-0.25, -0.2) is 9.59 Å². The summed E-state index contributed by atoms with van der Waals surface area (Å²) in [5.74, 6) is -0.821. The lowest BCUT2D eigenvalue weighted by molar-refractivity contribution is -0.142. The monoisotopic (exact) mass is 462 g/mol. The van der Waals surface area contributed by atoms with Gasteiger partial charge in [-0.2, -0.15) is 0 Å². The van der Waals surface area contributed by atoms with Gasteiger partial charge >= 0.3 is 12.1 Å². The van der Waals surface area contributed by atoms with E-state index < -0.39 is 30.1 Å². The van der Waals surface area contributed by atoms with Crippen LogP contribution in [0.3, 0.4) is 0 Å². The smallest absolute Gasteiger partial charge is 0.407 e. The average molecular weight is 463 g/mol. The minimum absolute atomic E-state index is 0.0659. The lowest BCUT2D eigenvalue weighted by Crippen LogP contribution is -2.52. The van der Waals surface area contributed by atoms with Gasteiger partial charge in [-0.05, 0) is 46.9 Å². The van der Waals surface area contributed by atoms with Crippen LogP contribution in [0.5, 0.6) is 0 Å². The number of fused-ring (bicyclic) bond motifs is 3. The number of carboxylic acid groups (broad SMARTS) is 1. The molecule has 2 aromatic rings. The molecule has 2 saturated carbocycles. The van der Waals surface area contributed by atoms with Crippen LogP contribution in [0.4, 0.5) is 4.79 Å². The molecule has 3 aliphatic rings. The van der Waals surface area contributed by atoms with Crippen LogP contribution in [0.25, 0.3) is 11.1 Å². The predicted molar refractivity (Wildman–Crippen MR) is 126 cm³/mol. The van der Waals surface area contributed by atoms with Gasteiger partial charge in [-0.1, -0.05) is 74.2 Å². The third-order valence-electron chi connectivity index (χ3n) is 7.10. The van der Waals surface area contributed by atoms with Crippen molar-refractivity contribution in [2.24, 2.45) is 11.8 Å². The number of hydrogen-bond donors (Lipinski definition) is 3. The van der Waals surface area contributed by atoms with Gasteiger partial charge in [0.05, 0.1) is 0 Å². The summed E-state index contributed by atoms with van der Waals surface area (Å²) in [4.78, 5) is 37.2. The Morgan fingerprint density at radius 2 is 1.35 bits per heavy atom. The normalized spacial score (nSPS) is 18.4. The number of rotatable bonds is 10. The summed E-state index contributed by atoms with van der Waals surface area (Å²) in [6.45, 7) is 0.164. The van der Waals surface area contributed by atoms with E-state index in [9.17, 15) is 19.5 Å². The fourth-order valence-electron chi connectivity index (χ4n) is 4.88. The van der Waals surface area contributed by atoms with Gasteiger partial charge in [0.1, 0.15) is 18.7 Å². The quantitative estimate of drug-likeness (QED) is 0.494. The molecule has 0 heterocycles. The van der Waals surface area contributed by atoms with E-state index in [1.807, 2.05) is 24.3 Å². The van der Waals surface area contributed by atoms with E-state index in [4.69, 9.17) is 4.74 Å². The van der Waals surface area contributed by atoms with Crippen molar-refractivity contribution in [1.82, 2.24) is 10.6 Å². The Bertz CT molecular complexity index is 1050. The number of alkyl carbamates (subject to hydrolysis) is 1. The van der Waals surface area contributed by atoms with Crippen LogP contribution in [-0.2, 0) is 14.3 Å². The summed E-state index contributed by atoms with van der Waals surface area (Å²) >= 11 is 0. The van der Waals surface area contributed by atoms with Crippen molar-refractivity contribution in [3.8, 4) is 11.1 Å². The number of amides is 2. The van der Waals surface area contributed by atoms with Crippen molar-refractivity contribution < 1.29 is 24.2 Å². The molecular weight excluding hydrogens is 432 g/mol. The van der Waals surface area contributed by atoms with Gasteiger partial charge < -0.3 is 20.5 Å². The Hall–Kier alpha value is -3.35. The van der Waals surface area contributed by atoms with Crippen LogP contribution in [0.2, 0.25) is 0 Å². The van der Waals surface area contributed by atoms with Gasteiger partial charge in [-0.15, -0.1) is 0 Å². The highest BCUT2D eigenvalue weighted by Gasteiger charge is 2.35. The SMILES string of the molecule is O=C(NC(CC1CC1)C(=O)NC(CC1CC1)C(=O)O)OCC1c2ccccc2-c2ccccc21. The maximum absolute atomic E-state index is 12.9. The number of hydrogen-bond acceptors (Lipinski definition) is 4. The average Bonchev–Trinajstić information content (AvgIpc) is 3.76. The molecule has 5 rings (SSSR count). The summed E-state index contributed by atoms with van der Waals surface area (Å²) in [5.41, 5.74) is 4.53. The molecule has 2 fully saturated rings. The number of benzene rings is 2. The predicted octanol–water partition coefficient (Wildman–Crippen LogP) is 4.06. The Balaban J connectivity index is 1.22. The lowest BCUT2D eigenvalue weighted by atomic mass is 9.98. The van der Waals surface area contributed by atoms with Crippen molar-refractivity contribution in [2.45, 2.75) is 56.5 Å². The summed E-state index contributed by atoms with van der Waals surface area (Å²) in [5, 5.41) is 14.8. The van der Waals surface area contributed by atoms with Gasteiger partial charge in [0.15, 0.2) is 0 Å². The summed E-state index contributed by atoms with van der Waals surface area (Å²) < 4.78 is 5.60. The number of ether oxygens (including phenoxy) is 1. The zero-order valence-electron chi connectivity index (χ0n) is 19.0. The van der Waals surface area contributed by atoms with E-state index in [1.165, 1.54) is 0 Å². The van der Waals surface area contributed by atoms with Crippen molar-refractivity contribution in [2.75, 3.05) is 6.61 Å². The molecule has 2 aromatic carbocycles. The minimum Gasteiger partial charge on any atom is -0.480 e. The molecule has 178 valence electrons. The first-order valence-electron chi connectivity index (χ1n) is 12.1. The molecule has 2 amide bonds. The van der Waals surface area contributed by atoms with Gasteiger partial charge in [-0.3, -0.25) is 4.79 Å². The largest absolute Gasteiger partial charge is 0.480 e. The van der Waals surface area contributed by atoms with E-state index in [0.717, 1.165) is 47.9 Å². The maximum atomic E-state index is 12.9. The molecule has 0 bridgehead atoms. The number of nitrogens with one attached hydrogen (secondary N) is 2. The van der Waals surface area contributed by atoms with Gasteiger partial charge in [0.2, 0.25) is 5.91 Å². The topological polar surface area (TPSA) is 105 Å². The van der Waals surface area contributed by atoms with Crippen LogP contribution in [0.15, 0.2) is 48.5 Å². The Morgan fingerprint density at radius 1 is 0.824 bits per heavy atom. The molecule has 3 N–H and O–H groups in total. The first-order valence-corrected chi connectivity index (χ1v) is 12.1. The maximum Gasteiger partial charge on any atom is 0.407 e. The molecular formula is C27H30N2O5. The highest BCUT2D eigenvalue weighted by atomic mass is 16.5. The van der Waals surface area contributed by atoms with E-state index in [2.05, 4.69) is 34.9 Å². The second-order valence-corrected chi connectivity index (χ2v) is 9.78. The van der Waals surface area contributed by atoms with Crippen molar-refractivity contribution >= 4 is 18.0 Å². The molecule has 0 saturated heterocycles. The highest BCUT2D eigenvalue weighted by Crippen LogP contribution is 2.44. The lowest BCUT2D eigenvalue weighted by Gasteiger charge is -2.22. The molecule has 2 atom stereocenters. The fraction of sp³-hybridized carbons (Fsp3) is 0.444. The zero-order chi connectivity index (χ0) is 23.7. The van der Waals surface area contributed by atoms with E-state index in [0.29, 0.717) is 24.7 Å². The summed E-state index contributed by atoms with van der Waals surface area (Å²) in [7, 11) is 0. The Labute approximate surface area is 198 Å². The molecule has 34 heavy (non-hydrogen) atoms. The molecule has 0 aliphatic heterocycles. The van der Waals surface area contributed by atoms with Crippen LogP contribution >= 0.6 is 0 Å². The molecule has 2 unspecified atom stereocenters. The minimum atomic E-state index is -1.04. The molecule has 0 aromatic heterocycles. The number of carbonyl (C=O) groups is 3. The number of carbonyl (C=O) groups excluding carboxylic acids is 2. The summed E-state index contributed by atoms with van der Waals surface area (Å²) in [6, 6.07) is 14.5. The van der Waals surface area contributed by atoms with E-state index in [1.54, 1.807) is 0 Å². The first kappa shape index (κ1) is 22.4. The first-order chi connectivity index (χ1) is 16.5. The Kier molecular flexibility index (Phi) is 6.26. The molecule has 7 heteroatoms. The molecule has 3 aliphatic carbocycles. The van der Waals surface area contributed by atoms with Crippen LogP contribution in [0, 0.1) is 11.8 Å². The van der Waals surface area contributed by atoms with Crippen molar-refractivity contribution in [3.63, 3.8) is 0 Å². The zero-order valence-corrected chi connectivity index (χ0v) is 19.0. The third kappa shape index (κ3) is 5.08. The fourth-order valence-corrected chi connectivity index (χ4v) is 4.88. The highest BCUT2D eigenvalue weighted by molar-refractivity contribution is 5.89. The number of aliphatic carboxylic acids is 1.